The number of imide groups is 1. The maximum atomic E-state index is 12.8. The highest BCUT2D eigenvalue weighted by Gasteiger charge is 2.31. The van der Waals surface area contributed by atoms with E-state index >= 15 is 0 Å². The molecule has 1 unspecified atom stereocenters. The van der Waals surface area contributed by atoms with Gasteiger partial charge >= 0.3 is 5.69 Å². The first-order valence-electron chi connectivity index (χ1n) is 10.7. The summed E-state index contributed by atoms with van der Waals surface area (Å²) in [5.41, 5.74) is 8.41. The average molecular weight is 401 g/mol. The normalized spacial score (nSPS) is 24.8. The van der Waals surface area contributed by atoms with Gasteiger partial charge in [0, 0.05) is 13.5 Å². The number of nitrogens with zero attached hydrogens (tertiary/aromatic N) is 2. The minimum Gasteiger partial charge on any atom is -0.330 e. The van der Waals surface area contributed by atoms with Gasteiger partial charge in [-0.15, -0.1) is 0 Å². The Balaban J connectivity index is 0.00000117. The van der Waals surface area contributed by atoms with Gasteiger partial charge in [-0.05, 0) is 68.2 Å². The van der Waals surface area contributed by atoms with Crippen LogP contribution in [0, 0.1) is 5.92 Å². The van der Waals surface area contributed by atoms with Crippen LogP contribution in [0.2, 0.25) is 0 Å². The smallest absolute Gasteiger partial charge is 0.329 e. The number of amides is 2. The molecule has 0 radical (unpaired) electrons. The number of carbonyl (C=O) groups excluding carboxylic acids is 2. The van der Waals surface area contributed by atoms with Crippen molar-refractivity contribution in [3.8, 4) is 0 Å². The predicted molar refractivity (Wildman–Crippen MR) is 114 cm³/mol. The SMILES string of the molecule is CC.Cn1c(=O)n(C2CCC(=O)NC2=O)c2ccc(C3CCC(CN)CC3)cc21. The Hall–Kier alpha value is -2.41. The first-order chi connectivity index (χ1) is 14.0. The number of hydrogen-bond acceptors (Lipinski definition) is 4. The van der Waals surface area contributed by atoms with Gasteiger partial charge in [0.05, 0.1) is 11.0 Å². The van der Waals surface area contributed by atoms with E-state index in [9.17, 15) is 14.4 Å². The van der Waals surface area contributed by atoms with E-state index in [0.717, 1.165) is 43.3 Å². The van der Waals surface area contributed by atoms with Crippen molar-refractivity contribution in [1.29, 1.82) is 0 Å². The predicted octanol–water partition coefficient (Wildman–Crippen LogP) is 2.58. The number of hydrogen-bond donors (Lipinski definition) is 2. The first-order valence-corrected chi connectivity index (χ1v) is 10.7. The lowest BCUT2D eigenvalue weighted by atomic mass is 9.79. The van der Waals surface area contributed by atoms with Crippen LogP contribution in [0.3, 0.4) is 0 Å². The summed E-state index contributed by atoms with van der Waals surface area (Å²) in [6.45, 7) is 4.76. The molecule has 1 aromatic carbocycles. The molecule has 7 nitrogen and oxygen atoms in total. The van der Waals surface area contributed by atoms with E-state index < -0.39 is 11.9 Å². The number of carbonyl (C=O) groups is 2. The molecule has 3 N–H and O–H groups in total. The zero-order valence-electron chi connectivity index (χ0n) is 17.6. The van der Waals surface area contributed by atoms with Gasteiger partial charge in [0.15, 0.2) is 0 Å². The summed E-state index contributed by atoms with van der Waals surface area (Å²) >= 11 is 0. The van der Waals surface area contributed by atoms with E-state index in [0.29, 0.717) is 18.3 Å². The summed E-state index contributed by atoms with van der Waals surface area (Å²) in [5.74, 6) is 0.444. The van der Waals surface area contributed by atoms with Gasteiger partial charge in [0.25, 0.3) is 0 Å². The number of nitrogens with one attached hydrogen (secondary N) is 1. The van der Waals surface area contributed by atoms with Gasteiger partial charge in [-0.1, -0.05) is 19.9 Å². The van der Waals surface area contributed by atoms with Crippen LogP contribution in [-0.4, -0.2) is 27.5 Å². The molecular formula is C22H32N4O3. The molecule has 1 saturated heterocycles. The monoisotopic (exact) mass is 400 g/mol. The lowest BCUT2D eigenvalue weighted by Crippen LogP contribution is -2.44. The van der Waals surface area contributed by atoms with Crippen LogP contribution in [0.5, 0.6) is 0 Å². The van der Waals surface area contributed by atoms with E-state index in [1.807, 2.05) is 19.9 Å². The van der Waals surface area contributed by atoms with E-state index in [2.05, 4.69) is 17.4 Å². The molecule has 2 aliphatic rings. The van der Waals surface area contributed by atoms with Gasteiger partial charge in [0.2, 0.25) is 11.8 Å². The Morgan fingerprint density at radius 2 is 1.72 bits per heavy atom. The molecule has 0 bridgehead atoms. The highest BCUT2D eigenvalue weighted by molar-refractivity contribution is 6.00. The molecule has 158 valence electrons. The third-order valence-electron chi connectivity index (χ3n) is 6.29. The van der Waals surface area contributed by atoms with E-state index in [4.69, 9.17) is 5.73 Å². The Morgan fingerprint density at radius 1 is 1.03 bits per heavy atom. The van der Waals surface area contributed by atoms with Gasteiger partial charge in [-0.3, -0.25) is 24.0 Å². The number of rotatable bonds is 3. The van der Waals surface area contributed by atoms with Crippen LogP contribution in [-0.2, 0) is 16.6 Å². The Morgan fingerprint density at radius 3 is 2.34 bits per heavy atom. The quantitative estimate of drug-likeness (QED) is 0.774. The third kappa shape index (κ3) is 4.01. The number of piperidine rings is 1. The minimum atomic E-state index is -0.634. The summed E-state index contributed by atoms with van der Waals surface area (Å²) in [7, 11) is 1.74. The van der Waals surface area contributed by atoms with Gasteiger partial charge in [0.1, 0.15) is 6.04 Å². The standard InChI is InChI=1S/C20H26N4O3.C2H6/c1-23-17-10-14(13-4-2-12(11-21)3-5-13)6-7-15(17)24(20(23)27)16-8-9-18(25)22-19(16)26;1-2/h6-7,10,12-13,16H,2-5,8-9,11,21H2,1H3,(H,22,25,26);1-2H3. The van der Waals surface area contributed by atoms with Crippen molar-refractivity contribution in [3.05, 3.63) is 34.2 Å². The van der Waals surface area contributed by atoms with Crippen molar-refractivity contribution in [2.75, 3.05) is 6.54 Å². The second-order valence-corrected chi connectivity index (χ2v) is 7.88. The Labute approximate surface area is 171 Å². The highest BCUT2D eigenvalue weighted by Crippen LogP contribution is 2.36. The summed E-state index contributed by atoms with van der Waals surface area (Å²) in [6.07, 6.45) is 5.14. The summed E-state index contributed by atoms with van der Waals surface area (Å²) in [6, 6.07) is 5.49. The highest BCUT2D eigenvalue weighted by atomic mass is 16.2. The van der Waals surface area contributed by atoms with E-state index in [1.54, 1.807) is 11.6 Å². The Kier molecular flexibility index (Phi) is 6.57. The van der Waals surface area contributed by atoms with Crippen molar-refractivity contribution in [2.45, 2.75) is 64.3 Å². The third-order valence-corrected chi connectivity index (χ3v) is 6.29. The van der Waals surface area contributed by atoms with E-state index in [-0.39, 0.29) is 18.0 Å². The molecule has 2 heterocycles. The van der Waals surface area contributed by atoms with Crippen LogP contribution in [0.25, 0.3) is 11.0 Å². The zero-order valence-corrected chi connectivity index (χ0v) is 17.6. The molecule has 1 aliphatic heterocycles. The fraction of sp³-hybridized carbons (Fsp3) is 0.591. The van der Waals surface area contributed by atoms with Crippen molar-refractivity contribution in [1.82, 2.24) is 14.5 Å². The second kappa shape index (κ2) is 8.95. The molecule has 2 fully saturated rings. The molecule has 29 heavy (non-hydrogen) atoms. The van der Waals surface area contributed by atoms with Gasteiger partial charge in [-0.2, -0.15) is 0 Å². The number of aryl methyl sites for hydroxylation is 1. The van der Waals surface area contributed by atoms with Crippen LogP contribution < -0.4 is 16.7 Å². The van der Waals surface area contributed by atoms with Crippen molar-refractivity contribution in [2.24, 2.45) is 18.7 Å². The van der Waals surface area contributed by atoms with Crippen molar-refractivity contribution in [3.63, 3.8) is 0 Å². The molecular weight excluding hydrogens is 368 g/mol. The van der Waals surface area contributed by atoms with Crippen LogP contribution in [0.4, 0.5) is 0 Å². The zero-order chi connectivity index (χ0) is 21.1. The van der Waals surface area contributed by atoms with E-state index in [1.165, 1.54) is 10.1 Å². The van der Waals surface area contributed by atoms with Crippen LogP contribution in [0.15, 0.2) is 23.0 Å². The van der Waals surface area contributed by atoms with Gasteiger partial charge < -0.3 is 5.73 Å². The Bertz CT molecular complexity index is 951. The molecule has 7 heteroatoms. The fourth-order valence-electron chi connectivity index (χ4n) is 4.60. The summed E-state index contributed by atoms with van der Waals surface area (Å²) in [4.78, 5) is 36.5. The largest absolute Gasteiger partial charge is 0.330 e. The molecule has 2 amide bonds. The maximum absolute atomic E-state index is 12.8. The topological polar surface area (TPSA) is 99.1 Å². The number of imidazole rings is 1. The lowest BCUT2D eigenvalue weighted by Gasteiger charge is -2.28. The van der Waals surface area contributed by atoms with Crippen molar-refractivity contribution >= 4 is 22.8 Å². The second-order valence-electron chi connectivity index (χ2n) is 7.88. The van der Waals surface area contributed by atoms with Gasteiger partial charge in [-0.25, -0.2) is 4.79 Å². The number of aromatic nitrogens is 2. The van der Waals surface area contributed by atoms with Crippen LogP contribution >= 0.6 is 0 Å². The number of nitrogens with two attached hydrogens (primary N) is 1. The molecule has 4 rings (SSSR count). The maximum Gasteiger partial charge on any atom is 0.329 e. The molecule has 1 atom stereocenters. The lowest BCUT2D eigenvalue weighted by molar-refractivity contribution is -0.135. The molecule has 1 saturated carbocycles. The fourth-order valence-corrected chi connectivity index (χ4v) is 4.60. The van der Waals surface area contributed by atoms with Crippen LogP contribution in [0.1, 0.15) is 69.9 Å². The molecule has 0 spiro atoms. The molecule has 2 aromatic rings. The first kappa shape index (κ1) is 21.3. The average Bonchev–Trinajstić information content (AvgIpc) is 3.00. The summed E-state index contributed by atoms with van der Waals surface area (Å²) in [5, 5.41) is 2.34. The summed E-state index contributed by atoms with van der Waals surface area (Å²) < 4.78 is 3.14. The number of benzene rings is 1. The number of fused-ring (bicyclic) bond motifs is 1. The molecule has 1 aromatic heterocycles. The van der Waals surface area contributed by atoms with Crippen molar-refractivity contribution < 1.29 is 9.59 Å². The molecule has 1 aliphatic carbocycles. The minimum absolute atomic E-state index is 0.219.